The first-order chi connectivity index (χ1) is 8.68. The van der Waals surface area contributed by atoms with E-state index in [1.54, 1.807) is 0 Å². The fourth-order valence-electron chi connectivity index (χ4n) is 3.40. The molecule has 3 heterocycles. The van der Waals surface area contributed by atoms with E-state index in [2.05, 4.69) is 31.9 Å². The number of hydrogen-bond donors (Lipinski definition) is 1. The molecule has 5 nitrogen and oxygen atoms in total. The first-order valence-electron chi connectivity index (χ1n) is 6.97. The Labute approximate surface area is 109 Å². The third kappa shape index (κ3) is 2.17. The lowest BCUT2D eigenvalue weighted by molar-refractivity contribution is 0.159. The van der Waals surface area contributed by atoms with Gasteiger partial charge in [0, 0.05) is 20.1 Å². The van der Waals surface area contributed by atoms with Crippen molar-refractivity contribution in [2.45, 2.75) is 32.2 Å². The van der Waals surface area contributed by atoms with E-state index in [9.17, 15) is 0 Å². The number of rotatable bonds is 3. The molecule has 1 aromatic heterocycles. The van der Waals surface area contributed by atoms with Crippen LogP contribution >= 0.6 is 0 Å². The molecule has 0 spiro atoms. The predicted octanol–water partition coefficient (Wildman–Crippen LogP) is 0.952. The molecular formula is C13H23N5. The Hall–Kier alpha value is -0.940. The summed E-state index contributed by atoms with van der Waals surface area (Å²) in [6.45, 7) is 7.09. The van der Waals surface area contributed by atoms with Crippen molar-refractivity contribution in [2.75, 3.05) is 26.2 Å². The van der Waals surface area contributed by atoms with Crippen LogP contribution in [0.1, 0.15) is 38.1 Å². The monoisotopic (exact) mass is 249 g/mol. The molecule has 0 aliphatic carbocycles. The van der Waals surface area contributed by atoms with Crippen molar-refractivity contribution >= 4 is 0 Å². The van der Waals surface area contributed by atoms with E-state index < -0.39 is 0 Å². The normalized spacial score (nSPS) is 33.3. The Morgan fingerprint density at radius 1 is 1.56 bits per heavy atom. The van der Waals surface area contributed by atoms with Crippen LogP contribution in [0.5, 0.6) is 0 Å². The first-order valence-corrected chi connectivity index (χ1v) is 6.97. The maximum absolute atomic E-state index is 4.30. The van der Waals surface area contributed by atoms with Gasteiger partial charge in [-0.3, -0.25) is 4.90 Å². The van der Waals surface area contributed by atoms with E-state index in [1.165, 1.54) is 38.9 Å². The molecule has 2 saturated heterocycles. The number of nitrogens with zero attached hydrogens (tertiary/aromatic N) is 4. The van der Waals surface area contributed by atoms with Crippen LogP contribution in [-0.4, -0.2) is 45.8 Å². The van der Waals surface area contributed by atoms with Gasteiger partial charge in [0.1, 0.15) is 12.2 Å². The Bertz CT molecular complexity index is 407. The summed E-state index contributed by atoms with van der Waals surface area (Å²) in [5.41, 5.74) is 0.432. The summed E-state index contributed by atoms with van der Waals surface area (Å²) >= 11 is 0. The number of aromatic nitrogens is 3. The van der Waals surface area contributed by atoms with Crippen LogP contribution in [0.3, 0.4) is 0 Å². The standard InChI is InChI=1S/C13H23N5/c1-13(5-6-14-8-13)9-18-7-3-4-11(18)12-16-15-10-17(12)2/h10-11,14H,3-9H2,1-2H3. The molecule has 0 amide bonds. The molecule has 100 valence electrons. The molecule has 5 heteroatoms. The highest BCUT2D eigenvalue weighted by Gasteiger charge is 2.36. The van der Waals surface area contributed by atoms with Gasteiger partial charge in [0.05, 0.1) is 6.04 Å². The molecule has 1 N–H and O–H groups in total. The lowest BCUT2D eigenvalue weighted by Crippen LogP contribution is -2.37. The molecular weight excluding hydrogens is 226 g/mol. The van der Waals surface area contributed by atoms with Gasteiger partial charge >= 0.3 is 0 Å². The lowest BCUT2D eigenvalue weighted by Gasteiger charge is -2.32. The fraction of sp³-hybridized carbons (Fsp3) is 0.846. The van der Waals surface area contributed by atoms with Crippen LogP contribution in [0.25, 0.3) is 0 Å². The lowest BCUT2D eigenvalue weighted by atomic mass is 9.89. The zero-order valence-electron chi connectivity index (χ0n) is 11.4. The van der Waals surface area contributed by atoms with Crippen LogP contribution in [0.15, 0.2) is 6.33 Å². The van der Waals surface area contributed by atoms with Crippen LogP contribution in [0.4, 0.5) is 0 Å². The van der Waals surface area contributed by atoms with Crippen LogP contribution in [0, 0.1) is 5.41 Å². The zero-order valence-corrected chi connectivity index (χ0v) is 11.4. The largest absolute Gasteiger partial charge is 0.319 e. The van der Waals surface area contributed by atoms with Crippen molar-refractivity contribution in [1.29, 1.82) is 0 Å². The summed E-state index contributed by atoms with van der Waals surface area (Å²) in [5.74, 6) is 1.13. The van der Waals surface area contributed by atoms with Gasteiger partial charge in [-0.25, -0.2) is 0 Å². The van der Waals surface area contributed by atoms with Gasteiger partial charge in [0.2, 0.25) is 0 Å². The van der Waals surface area contributed by atoms with Gasteiger partial charge in [-0.05, 0) is 37.8 Å². The van der Waals surface area contributed by atoms with E-state index in [0.717, 1.165) is 12.4 Å². The second-order valence-corrected chi connectivity index (χ2v) is 6.17. The van der Waals surface area contributed by atoms with Crippen molar-refractivity contribution in [3.05, 3.63) is 12.2 Å². The Morgan fingerprint density at radius 3 is 3.11 bits per heavy atom. The van der Waals surface area contributed by atoms with E-state index in [0.29, 0.717) is 11.5 Å². The summed E-state index contributed by atoms with van der Waals surface area (Å²) in [4.78, 5) is 2.61. The van der Waals surface area contributed by atoms with Crippen molar-refractivity contribution in [3.63, 3.8) is 0 Å². The number of nitrogens with one attached hydrogen (secondary N) is 1. The predicted molar refractivity (Wildman–Crippen MR) is 70.1 cm³/mol. The summed E-state index contributed by atoms with van der Waals surface area (Å²) in [6.07, 6.45) is 5.59. The highest BCUT2D eigenvalue weighted by molar-refractivity contribution is 5.00. The first kappa shape index (κ1) is 12.1. The van der Waals surface area contributed by atoms with Crippen LogP contribution < -0.4 is 5.32 Å². The van der Waals surface area contributed by atoms with E-state index in [-0.39, 0.29) is 0 Å². The minimum Gasteiger partial charge on any atom is -0.319 e. The third-order valence-electron chi connectivity index (χ3n) is 4.45. The topological polar surface area (TPSA) is 46.0 Å². The second kappa shape index (κ2) is 4.63. The van der Waals surface area contributed by atoms with Crippen molar-refractivity contribution < 1.29 is 0 Å². The summed E-state index contributed by atoms with van der Waals surface area (Å²) in [6, 6.07) is 0.468. The number of likely N-dealkylation sites (tertiary alicyclic amines) is 1. The second-order valence-electron chi connectivity index (χ2n) is 6.17. The average Bonchev–Trinajstić information content (AvgIpc) is 3.01. The summed E-state index contributed by atoms with van der Waals surface area (Å²) in [7, 11) is 2.05. The van der Waals surface area contributed by atoms with Gasteiger partial charge in [0.25, 0.3) is 0 Å². The molecule has 0 radical (unpaired) electrons. The molecule has 1 aromatic rings. The smallest absolute Gasteiger partial charge is 0.149 e. The van der Waals surface area contributed by atoms with Crippen molar-refractivity contribution in [1.82, 2.24) is 25.0 Å². The maximum atomic E-state index is 4.30. The average molecular weight is 249 g/mol. The Balaban J connectivity index is 1.73. The quantitative estimate of drug-likeness (QED) is 0.866. The van der Waals surface area contributed by atoms with Gasteiger partial charge in [-0.2, -0.15) is 0 Å². The number of aryl methyl sites for hydroxylation is 1. The third-order valence-corrected chi connectivity index (χ3v) is 4.45. The molecule has 3 rings (SSSR count). The van der Waals surface area contributed by atoms with Crippen molar-refractivity contribution in [2.24, 2.45) is 12.5 Å². The molecule has 0 bridgehead atoms. The van der Waals surface area contributed by atoms with Gasteiger partial charge in [0.15, 0.2) is 0 Å². The van der Waals surface area contributed by atoms with Crippen LogP contribution in [0.2, 0.25) is 0 Å². The minimum atomic E-state index is 0.432. The van der Waals surface area contributed by atoms with Crippen LogP contribution in [-0.2, 0) is 7.05 Å². The Kier molecular flexibility index (Phi) is 3.11. The summed E-state index contributed by atoms with van der Waals surface area (Å²) in [5, 5.41) is 11.8. The van der Waals surface area contributed by atoms with Gasteiger partial charge in [-0.1, -0.05) is 6.92 Å². The molecule has 2 atom stereocenters. The molecule has 2 aliphatic heterocycles. The molecule has 0 saturated carbocycles. The molecule has 2 unspecified atom stereocenters. The highest BCUT2D eigenvalue weighted by Crippen LogP contribution is 2.35. The van der Waals surface area contributed by atoms with Crippen molar-refractivity contribution in [3.8, 4) is 0 Å². The van der Waals surface area contributed by atoms with E-state index in [4.69, 9.17) is 0 Å². The molecule has 0 aromatic carbocycles. The molecule has 2 aliphatic rings. The molecule has 2 fully saturated rings. The fourth-order valence-corrected chi connectivity index (χ4v) is 3.40. The van der Waals surface area contributed by atoms with Gasteiger partial charge in [-0.15, -0.1) is 10.2 Å². The SMILES string of the molecule is Cn1cnnc1C1CCCN1CC1(C)CCNC1. The zero-order chi connectivity index (χ0) is 12.6. The minimum absolute atomic E-state index is 0.432. The van der Waals surface area contributed by atoms with Gasteiger partial charge < -0.3 is 9.88 Å². The number of hydrogen-bond acceptors (Lipinski definition) is 4. The van der Waals surface area contributed by atoms with E-state index in [1.807, 2.05) is 13.4 Å². The molecule has 18 heavy (non-hydrogen) atoms. The van der Waals surface area contributed by atoms with E-state index >= 15 is 0 Å². The summed E-state index contributed by atoms with van der Waals surface area (Å²) < 4.78 is 2.07. The highest BCUT2D eigenvalue weighted by atomic mass is 15.3. The Morgan fingerprint density at radius 2 is 2.44 bits per heavy atom. The maximum Gasteiger partial charge on any atom is 0.149 e.